The van der Waals surface area contributed by atoms with Gasteiger partial charge in [0.05, 0.1) is 6.04 Å². The minimum absolute atomic E-state index is 0.0230. The van der Waals surface area contributed by atoms with Crippen LogP contribution < -0.4 is 15.4 Å². The van der Waals surface area contributed by atoms with Crippen LogP contribution in [0.5, 0.6) is 5.75 Å². The Hall–Kier alpha value is -1.71. The van der Waals surface area contributed by atoms with E-state index in [1.807, 2.05) is 19.1 Å². The van der Waals surface area contributed by atoms with Gasteiger partial charge in [0.15, 0.2) is 0 Å². The number of hydrogen-bond acceptors (Lipinski definition) is 2. The van der Waals surface area contributed by atoms with Gasteiger partial charge in [0, 0.05) is 6.04 Å². The third-order valence-corrected chi connectivity index (χ3v) is 4.30. The number of ether oxygens (including phenoxy) is 1. The molecule has 1 saturated carbocycles. The Morgan fingerprint density at radius 1 is 1.23 bits per heavy atom. The van der Waals surface area contributed by atoms with Gasteiger partial charge in [-0.2, -0.15) is 0 Å². The van der Waals surface area contributed by atoms with Crippen molar-refractivity contribution in [1.82, 2.24) is 10.6 Å². The third kappa shape index (κ3) is 5.24. The molecule has 0 spiro atoms. The minimum atomic E-state index is -0.0805. The molecule has 0 aliphatic heterocycles. The highest BCUT2D eigenvalue weighted by Crippen LogP contribution is 2.17. The zero-order valence-electron chi connectivity index (χ0n) is 13.9. The van der Waals surface area contributed by atoms with Crippen LogP contribution in [0, 0.1) is 13.8 Å². The first kappa shape index (κ1) is 16.7. The van der Waals surface area contributed by atoms with Crippen molar-refractivity contribution >= 4 is 6.03 Å². The SMILES string of the molecule is Cc1ccc(OC[C@H](C)NC(=O)NC2CCCCC2)cc1C. The smallest absolute Gasteiger partial charge is 0.315 e. The zero-order chi connectivity index (χ0) is 15.9. The van der Waals surface area contributed by atoms with Gasteiger partial charge < -0.3 is 15.4 Å². The third-order valence-electron chi connectivity index (χ3n) is 4.30. The molecule has 0 aromatic heterocycles. The summed E-state index contributed by atoms with van der Waals surface area (Å²) in [5.41, 5.74) is 2.47. The summed E-state index contributed by atoms with van der Waals surface area (Å²) >= 11 is 0. The van der Waals surface area contributed by atoms with Crippen molar-refractivity contribution in [3.63, 3.8) is 0 Å². The summed E-state index contributed by atoms with van der Waals surface area (Å²) in [4.78, 5) is 12.0. The molecular weight excluding hydrogens is 276 g/mol. The van der Waals surface area contributed by atoms with Crippen molar-refractivity contribution in [3.8, 4) is 5.75 Å². The summed E-state index contributed by atoms with van der Waals surface area (Å²) in [5, 5.41) is 6.01. The monoisotopic (exact) mass is 304 g/mol. The Morgan fingerprint density at radius 3 is 2.64 bits per heavy atom. The van der Waals surface area contributed by atoms with Crippen molar-refractivity contribution < 1.29 is 9.53 Å². The van der Waals surface area contributed by atoms with Gasteiger partial charge in [-0.3, -0.25) is 0 Å². The van der Waals surface area contributed by atoms with Crippen molar-refractivity contribution in [1.29, 1.82) is 0 Å². The molecule has 1 aliphatic carbocycles. The van der Waals surface area contributed by atoms with E-state index >= 15 is 0 Å². The van der Waals surface area contributed by atoms with E-state index in [-0.39, 0.29) is 12.1 Å². The standard InChI is InChI=1S/C18H28N2O2/c1-13-9-10-17(11-14(13)2)22-12-15(3)19-18(21)20-16-7-5-4-6-8-16/h9-11,15-16H,4-8,12H2,1-3H3,(H2,19,20,21)/t15-/m0/s1. The molecule has 1 aromatic rings. The maximum absolute atomic E-state index is 12.0. The molecule has 1 atom stereocenters. The van der Waals surface area contributed by atoms with E-state index in [1.165, 1.54) is 30.4 Å². The Kier molecular flexibility index (Phi) is 6.10. The van der Waals surface area contributed by atoms with E-state index in [0.29, 0.717) is 12.6 Å². The molecule has 2 amide bonds. The lowest BCUT2D eigenvalue weighted by atomic mass is 9.96. The van der Waals surface area contributed by atoms with E-state index in [0.717, 1.165) is 18.6 Å². The normalized spacial score (nSPS) is 16.9. The molecule has 22 heavy (non-hydrogen) atoms. The van der Waals surface area contributed by atoms with E-state index in [9.17, 15) is 4.79 Å². The Labute approximate surface area is 133 Å². The number of carbonyl (C=O) groups is 1. The lowest BCUT2D eigenvalue weighted by molar-refractivity contribution is 0.219. The highest BCUT2D eigenvalue weighted by molar-refractivity contribution is 5.74. The molecule has 0 saturated heterocycles. The van der Waals surface area contributed by atoms with Gasteiger partial charge in [-0.15, -0.1) is 0 Å². The molecular formula is C18H28N2O2. The van der Waals surface area contributed by atoms with Crippen LogP contribution in [0.15, 0.2) is 18.2 Å². The predicted octanol–water partition coefficient (Wildman–Crippen LogP) is 3.70. The average molecular weight is 304 g/mol. The lowest BCUT2D eigenvalue weighted by Crippen LogP contribution is -2.47. The fourth-order valence-electron chi connectivity index (χ4n) is 2.76. The molecule has 0 bridgehead atoms. The Bertz CT molecular complexity index is 496. The van der Waals surface area contributed by atoms with Gasteiger partial charge in [0.25, 0.3) is 0 Å². The molecule has 0 unspecified atom stereocenters. The second-order valence-corrected chi connectivity index (χ2v) is 6.41. The number of carbonyl (C=O) groups excluding carboxylic acids is 1. The van der Waals surface area contributed by atoms with Crippen molar-refractivity contribution in [2.75, 3.05) is 6.61 Å². The molecule has 2 N–H and O–H groups in total. The molecule has 0 radical (unpaired) electrons. The van der Waals surface area contributed by atoms with Crippen molar-refractivity contribution in [2.45, 2.75) is 65.0 Å². The largest absolute Gasteiger partial charge is 0.491 e. The summed E-state index contributed by atoms with van der Waals surface area (Å²) in [6.07, 6.45) is 5.93. The summed E-state index contributed by atoms with van der Waals surface area (Å²) in [6, 6.07) is 6.29. The molecule has 4 heteroatoms. The van der Waals surface area contributed by atoms with Gasteiger partial charge in [-0.1, -0.05) is 25.3 Å². The van der Waals surface area contributed by atoms with E-state index < -0.39 is 0 Å². The van der Waals surface area contributed by atoms with E-state index in [1.54, 1.807) is 0 Å². The van der Waals surface area contributed by atoms with Gasteiger partial charge >= 0.3 is 6.03 Å². The highest BCUT2D eigenvalue weighted by atomic mass is 16.5. The molecule has 2 rings (SSSR count). The molecule has 1 aromatic carbocycles. The van der Waals surface area contributed by atoms with Crippen molar-refractivity contribution in [2.24, 2.45) is 0 Å². The molecule has 122 valence electrons. The van der Waals surface area contributed by atoms with E-state index in [2.05, 4.69) is 30.5 Å². The van der Waals surface area contributed by atoms with Gasteiger partial charge in [-0.25, -0.2) is 4.79 Å². The molecule has 4 nitrogen and oxygen atoms in total. The zero-order valence-corrected chi connectivity index (χ0v) is 13.9. The number of benzene rings is 1. The quantitative estimate of drug-likeness (QED) is 0.871. The van der Waals surface area contributed by atoms with Crippen LogP contribution in [0.2, 0.25) is 0 Å². The van der Waals surface area contributed by atoms with Crippen LogP contribution in [-0.2, 0) is 0 Å². The first-order valence-corrected chi connectivity index (χ1v) is 8.31. The van der Waals surface area contributed by atoms with Crippen LogP contribution in [0.4, 0.5) is 4.79 Å². The van der Waals surface area contributed by atoms with Crippen LogP contribution in [0.25, 0.3) is 0 Å². The predicted molar refractivity (Wildman–Crippen MR) is 89.4 cm³/mol. The Morgan fingerprint density at radius 2 is 1.95 bits per heavy atom. The van der Waals surface area contributed by atoms with E-state index in [4.69, 9.17) is 4.74 Å². The van der Waals surface area contributed by atoms with Crippen LogP contribution in [0.3, 0.4) is 0 Å². The van der Waals surface area contributed by atoms with Crippen LogP contribution in [0.1, 0.15) is 50.2 Å². The second-order valence-electron chi connectivity index (χ2n) is 6.41. The number of urea groups is 1. The second kappa shape index (κ2) is 8.06. The first-order valence-electron chi connectivity index (χ1n) is 8.31. The Balaban J connectivity index is 1.71. The fourth-order valence-corrected chi connectivity index (χ4v) is 2.76. The first-order chi connectivity index (χ1) is 10.5. The number of rotatable bonds is 5. The summed E-state index contributed by atoms with van der Waals surface area (Å²) < 4.78 is 5.75. The number of aryl methyl sites for hydroxylation is 2. The van der Waals surface area contributed by atoms with Gasteiger partial charge in [0.2, 0.25) is 0 Å². The summed E-state index contributed by atoms with van der Waals surface area (Å²) in [6.45, 7) is 6.59. The van der Waals surface area contributed by atoms with Crippen molar-refractivity contribution in [3.05, 3.63) is 29.3 Å². The van der Waals surface area contributed by atoms with Gasteiger partial charge in [0.1, 0.15) is 12.4 Å². The number of amides is 2. The lowest BCUT2D eigenvalue weighted by Gasteiger charge is -2.24. The van der Waals surface area contributed by atoms with Crippen LogP contribution in [-0.4, -0.2) is 24.7 Å². The average Bonchev–Trinajstić information content (AvgIpc) is 2.49. The summed E-state index contributed by atoms with van der Waals surface area (Å²) in [7, 11) is 0. The highest BCUT2D eigenvalue weighted by Gasteiger charge is 2.16. The minimum Gasteiger partial charge on any atom is -0.491 e. The molecule has 0 heterocycles. The summed E-state index contributed by atoms with van der Waals surface area (Å²) in [5.74, 6) is 0.851. The molecule has 1 fully saturated rings. The maximum Gasteiger partial charge on any atom is 0.315 e. The molecule has 1 aliphatic rings. The topological polar surface area (TPSA) is 50.4 Å². The fraction of sp³-hybridized carbons (Fsp3) is 0.611. The number of nitrogens with one attached hydrogen (secondary N) is 2. The number of hydrogen-bond donors (Lipinski definition) is 2. The maximum atomic E-state index is 12.0. The van der Waals surface area contributed by atoms with Gasteiger partial charge in [-0.05, 0) is 56.9 Å². The van der Waals surface area contributed by atoms with Crippen LogP contribution >= 0.6 is 0 Å².